The molecular formula is C14H17N3O3S. The van der Waals surface area contributed by atoms with Gasteiger partial charge in [0.05, 0.1) is 15.1 Å². The van der Waals surface area contributed by atoms with Gasteiger partial charge in [0.2, 0.25) is 0 Å². The third-order valence-corrected chi connectivity index (χ3v) is 5.06. The van der Waals surface area contributed by atoms with Crippen molar-refractivity contribution in [3.63, 3.8) is 0 Å². The molecule has 1 aliphatic carbocycles. The molecule has 0 radical (unpaired) electrons. The lowest BCUT2D eigenvalue weighted by molar-refractivity contribution is -0.382. The van der Waals surface area contributed by atoms with Crippen molar-refractivity contribution < 1.29 is 10.0 Å². The number of nitrogens with zero attached hydrogens (tertiary/aromatic N) is 2. The van der Waals surface area contributed by atoms with Crippen LogP contribution < -0.4 is 5.32 Å². The van der Waals surface area contributed by atoms with Gasteiger partial charge >= 0.3 is 5.69 Å². The van der Waals surface area contributed by atoms with Gasteiger partial charge in [0, 0.05) is 13.2 Å². The molecule has 0 aliphatic heterocycles. The second-order valence-corrected chi connectivity index (χ2v) is 6.32. The first-order valence-corrected chi connectivity index (χ1v) is 7.94. The van der Waals surface area contributed by atoms with E-state index in [2.05, 4.69) is 10.3 Å². The molecule has 1 fully saturated rings. The zero-order chi connectivity index (χ0) is 14.8. The molecule has 0 saturated heterocycles. The van der Waals surface area contributed by atoms with Crippen molar-refractivity contribution in [1.82, 2.24) is 4.98 Å². The zero-order valence-electron chi connectivity index (χ0n) is 11.5. The molecule has 0 spiro atoms. The molecule has 112 valence electrons. The minimum Gasteiger partial charge on any atom is -0.396 e. The van der Waals surface area contributed by atoms with Gasteiger partial charge in [0.15, 0.2) is 5.52 Å². The number of nitro benzene ring substituents is 1. The van der Waals surface area contributed by atoms with E-state index in [9.17, 15) is 15.2 Å². The minimum atomic E-state index is -0.372. The molecule has 1 saturated carbocycles. The van der Waals surface area contributed by atoms with Crippen molar-refractivity contribution in [2.45, 2.75) is 19.3 Å². The Hall–Kier alpha value is -1.73. The van der Waals surface area contributed by atoms with Crippen LogP contribution in [0.25, 0.3) is 10.2 Å². The maximum absolute atomic E-state index is 11.3. The van der Waals surface area contributed by atoms with E-state index >= 15 is 0 Å². The van der Waals surface area contributed by atoms with Crippen molar-refractivity contribution in [2.24, 2.45) is 11.8 Å². The Bertz CT molecular complexity index is 658. The summed E-state index contributed by atoms with van der Waals surface area (Å²) in [5, 5.41) is 23.9. The third-order valence-electron chi connectivity index (χ3n) is 4.26. The molecule has 3 rings (SSSR count). The standard InChI is InChI=1S/C14H17N3O3S/c18-7-10-3-1-2-9(10)6-15-11-4-5-12-13(16-8-21-12)14(11)17(19)20/h4-5,8-10,15,18H,1-3,6-7H2. The number of fused-ring (bicyclic) bond motifs is 1. The summed E-state index contributed by atoms with van der Waals surface area (Å²) < 4.78 is 0.821. The van der Waals surface area contributed by atoms with E-state index in [1.807, 2.05) is 6.07 Å². The van der Waals surface area contributed by atoms with Crippen LogP contribution in [0.3, 0.4) is 0 Å². The summed E-state index contributed by atoms with van der Waals surface area (Å²) in [4.78, 5) is 15.1. The molecular weight excluding hydrogens is 290 g/mol. The Kier molecular flexibility index (Phi) is 4.03. The van der Waals surface area contributed by atoms with Gasteiger partial charge in [-0.3, -0.25) is 10.1 Å². The molecule has 7 heteroatoms. The van der Waals surface area contributed by atoms with Crippen LogP contribution in [0.4, 0.5) is 11.4 Å². The zero-order valence-corrected chi connectivity index (χ0v) is 12.3. The number of thiazole rings is 1. The molecule has 0 amide bonds. The number of aromatic nitrogens is 1. The highest BCUT2D eigenvalue weighted by Crippen LogP contribution is 2.36. The van der Waals surface area contributed by atoms with E-state index in [1.54, 1.807) is 11.6 Å². The van der Waals surface area contributed by atoms with E-state index in [1.165, 1.54) is 11.3 Å². The molecule has 1 aromatic heterocycles. The number of hydrogen-bond acceptors (Lipinski definition) is 6. The Morgan fingerprint density at radius 2 is 2.24 bits per heavy atom. The van der Waals surface area contributed by atoms with E-state index < -0.39 is 0 Å². The van der Waals surface area contributed by atoms with Crippen LogP contribution in [0.5, 0.6) is 0 Å². The summed E-state index contributed by atoms with van der Waals surface area (Å²) in [6.45, 7) is 0.848. The molecule has 21 heavy (non-hydrogen) atoms. The average Bonchev–Trinajstić information content (AvgIpc) is 3.12. The molecule has 2 atom stereocenters. The summed E-state index contributed by atoms with van der Waals surface area (Å²) in [7, 11) is 0. The molecule has 2 unspecified atom stereocenters. The fraction of sp³-hybridized carbons (Fsp3) is 0.500. The van der Waals surface area contributed by atoms with Crippen LogP contribution in [0.15, 0.2) is 17.6 Å². The minimum absolute atomic E-state index is 0.0484. The third kappa shape index (κ3) is 2.71. The molecule has 1 aromatic carbocycles. The van der Waals surface area contributed by atoms with Gasteiger partial charge in [-0.05, 0) is 36.8 Å². The normalized spacial score (nSPS) is 21.8. The number of hydrogen-bond donors (Lipinski definition) is 2. The average molecular weight is 307 g/mol. The molecule has 1 aliphatic rings. The van der Waals surface area contributed by atoms with Gasteiger partial charge in [-0.1, -0.05) is 6.42 Å². The fourth-order valence-corrected chi connectivity index (χ4v) is 3.79. The van der Waals surface area contributed by atoms with Gasteiger partial charge < -0.3 is 10.4 Å². The van der Waals surface area contributed by atoms with Crippen molar-refractivity contribution in [2.75, 3.05) is 18.5 Å². The monoisotopic (exact) mass is 307 g/mol. The highest BCUT2D eigenvalue weighted by atomic mass is 32.1. The van der Waals surface area contributed by atoms with Crippen molar-refractivity contribution in [1.29, 1.82) is 0 Å². The van der Waals surface area contributed by atoms with Gasteiger partial charge in [-0.15, -0.1) is 11.3 Å². The van der Waals surface area contributed by atoms with Crippen LogP contribution in [-0.4, -0.2) is 28.2 Å². The first-order chi connectivity index (χ1) is 10.2. The molecule has 6 nitrogen and oxygen atoms in total. The lowest BCUT2D eigenvalue weighted by Gasteiger charge is -2.18. The van der Waals surface area contributed by atoms with E-state index in [-0.39, 0.29) is 17.2 Å². The highest BCUT2D eigenvalue weighted by Gasteiger charge is 2.27. The molecule has 2 aromatic rings. The number of benzene rings is 1. The summed E-state index contributed by atoms with van der Waals surface area (Å²) in [5.74, 6) is 0.681. The van der Waals surface area contributed by atoms with Crippen LogP contribution >= 0.6 is 11.3 Å². The summed E-state index contributed by atoms with van der Waals surface area (Å²) in [6.07, 6.45) is 3.21. The van der Waals surface area contributed by atoms with Gasteiger partial charge in [-0.25, -0.2) is 4.98 Å². The first-order valence-electron chi connectivity index (χ1n) is 7.06. The maximum atomic E-state index is 11.3. The Labute approximate surface area is 126 Å². The van der Waals surface area contributed by atoms with Crippen LogP contribution in [0.2, 0.25) is 0 Å². The number of nitrogens with one attached hydrogen (secondary N) is 1. The van der Waals surface area contributed by atoms with E-state index in [0.29, 0.717) is 29.6 Å². The smallest absolute Gasteiger partial charge is 0.319 e. The Morgan fingerprint density at radius 3 is 3.00 bits per heavy atom. The summed E-state index contributed by atoms with van der Waals surface area (Å²) >= 11 is 1.40. The van der Waals surface area contributed by atoms with Crippen LogP contribution in [-0.2, 0) is 0 Å². The molecule has 0 bridgehead atoms. The predicted octanol–water partition coefficient (Wildman–Crippen LogP) is 3.03. The second kappa shape index (κ2) is 5.95. The number of aliphatic hydroxyl groups is 1. The van der Waals surface area contributed by atoms with E-state index in [0.717, 1.165) is 24.0 Å². The Morgan fingerprint density at radius 1 is 1.43 bits per heavy atom. The highest BCUT2D eigenvalue weighted by molar-refractivity contribution is 7.16. The second-order valence-electron chi connectivity index (χ2n) is 5.43. The quantitative estimate of drug-likeness (QED) is 0.655. The van der Waals surface area contributed by atoms with Crippen molar-refractivity contribution in [3.05, 3.63) is 27.8 Å². The predicted molar refractivity (Wildman–Crippen MR) is 82.7 cm³/mol. The van der Waals surface area contributed by atoms with Crippen LogP contribution in [0, 0.1) is 22.0 Å². The number of aliphatic hydroxyl groups excluding tert-OH is 1. The number of nitro groups is 1. The van der Waals surface area contributed by atoms with Crippen molar-refractivity contribution >= 4 is 32.9 Å². The lowest BCUT2D eigenvalue weighted by atomic mass is 9.97. The van der Waals surface area contributed by atoms with Crippen molar-refractivity contribution in [3.8, 4) is 0 Å². The summed E-state index contributed by atoms with van der Waals surface area (Å²) in [6, 6.07) is 3.61. The van der Waals surface area contributed by atoms with Crippen LogP contribution in [0.1, 0.15) is 19.3 Å². The maximum Gasteiger partial charge on any atom is 0.319 e. The summed E-state index contributed by atoms with van der Waals surface area (Å²) in [5.41, 5.74) is 2.63. The molecule has 2 N–H and O–H groups in total. The van der Waals surface area contributed by atoms with Gasteiger partial charge in [-0.2, -0.15) is 0 Å². The lowest BCUT2D eigenvalue weighted by Crippen LogP contribution is -2.21. The van der Waals surface area contributed by atoms with Gasteiger partial charge in [0.1, 0.15) is 5.69 Å². The fourth-order valence-electron chi connectivity index (χ4n) is 3.11. The van der Waals surface area contributed by atoms with E-state index in [4.69, 9.17) is 0 Å². The number of anilines is 1. The van der Waals surface area contributed by atoms with Gasteiger partial charge in [0.25, 0.3) is 0 Å². The first kappa shape index (κ1) is 14.2. The number of rotatable bonds is 5. The topological polar surface area (TPSA) is 88.3 Å². The molecule has 1 heterocycles. The largest absolute Gasteiger partial charge is 0.396 e. The Balaban J connectivity index is 1.83. The SMILES string of the molecule is O=[N+]([O-])c1c(NCC2CCCC2CO)ccc2scnc12.